The number of carbonyl (C=O) groups is 2. The summed E-state index contributed by atoms with van der Waals surface area (Å²) in [5.41, 5.74) is 1.99. The number of urea groups is 1. The highest BCUT2D eigenvalue weighted by Gasteiger charge is 2.55. The Morgan fingerprint density at radius 1 is 1.13 bits per heavy atom. The van der Waals surface area contributed by atoms with Crippen molar-refractivity contribution in [1.82, 2.24) is 10.2 Å². The Labute approximate surface area is 139 Å². The number of benzene rings is 2. The van der Waals surface area contributed by atoms with Crippen LogP contribution in [0.15, 0.2) is 48.5 Å². The van der Waals surface area contributed by atoms with E-state index in [0.29, 0.717) is 11.4 Å². The monoisotopic (exact) mass is 326 g/mol. The fraction of sp³-hybridized carbons (Fsp3) is 0.222. The first kappa shape index (κ1) is 14.3. The normalized spacial score (nSPS) is 22.6. The number of aryl methyl sites for hydroxylation is 1. The maximum Gasteiger partial charge on any atom is 0.325 e. The van der Waals surface area contributed by atoms with Crippen LogP contribution in [0, 0.1) is 0 Å². The Balaban J connectivity index is 1.68. The van der Waals surface area contributed by atoms with Crippen LogP contribution in [0.25, 0.3) is 0 Å². The molecule has 4 rings (SSSR count). The first-order chi connectivity index (χ1) is 11.1. The van der Waals surface area contributed by atoms with Crippen LogP contribution in [0.2, 0.25) is 5.02 Å². The molecule has 1 unspecified atom stereocenters. The van der Waals surface area contributed by atoms with Gasteiger partial charge in [-0.2, -0.15) is 0 Å². The minimum Gasteiger partial charge on any atom is -0.319 e. The summed E-state index contributed by atoms with van der Waals surface area (Å²) in [5.74, 6) is -0.174. The smallest absolute Gasteiger partial charge is 0.319 e. The van der Waals surface area contributed by atoms with E-state index in [1.54, 1.807) is 12.1 Å². The molecule has 3 amide bonds. The second-order valence-corrected chi connectivity index (χ2v) is 6.45. The van der Waals surface area contributed by atoms with E-state index in [0.717, 1.165) is 23.1 Å². The van der Waals surface area contributed by atoms with Gasteiger partial charge in [0.1, 0.15) is 5.54 Å². The molecule has 1 fully saturated rings. The van der Waals surface area contributed by atoms with Gasteiger partial charge in [-0.1, -0.05) is 48.0 Å². The van der Waals surface area contributed by atoms with E-state index in [9.17, 15) is 9.59 Å². The van der Waals surface area contributed by atoms with Crippen molar-refractivity contribution in [3.63, 3.8) is 0 Å². The highest BCUT2D eigenvalue weighted by molar-refractivity contribution is 6.30. The molecule has 0 bridgehead atoms. The van der Waals surface area contributed by atoms with Gasteiger partial charge in [0.2, 0.25) is 0 Å². The van der Waals surface area contributed by atoms with Crippen molar-refractivity contribution >= 4 is 23.5 Å². The summed E-state index contributed by atoms with van der Waals surface area (Å²) in [7, 11) is 0. The van der Waals surface area contributed by atoms with Crippen LogP contribution < -0.4 is 5.32 Å². The number of nitrogens with one attached hydrogen (secondary N) is 1. The van der Waals surface area contributed by atoms with Crippen molar-refractivity contribution in [3.05, 3.63) is 70.2 Å². The van der Waals surface area contributed by atoms with E-state index in [1.807, 2.05) is 36.4 Å². The number of hydrogen-bond acceptors (Lipinski definition) is 2. The van der Waals surface area contributed by atoms with Crippen molar-refractivity contribution in [2.45, 2.75) is 24.9 Å². The predicted molar refractivity (Wildman–Crippen MR) is 87.0 cm³/mol. The van der Waals surface area contributed by atoms with E-state index >= 15 is 0 Å². The zero-order chi connectivity index (χ0) is 16.0. The molecule has 4 nitrogen and oxygen atoms in total. The van der Waals surface area contributed by atoms with Crippen molar-refractivity contribution in [3.8, 4) is 0 Å². The lowest BCUT2D eigenvalue weighted by molar-refractivity contribution is -0.132. The van der Waals surface area contributed by atoms with Gasteiger partial charge in [-0.05, 0) is 41.7 Å². The minimum atomic E-state index is -0.897. The van der Waals surface area contributed by atoms with Crippen molar-refractivity contribution in [1.29, 1.82) is 0 Å². The quantitative estimate of drug-likeness (QED) is 0.861. The van der Waals surface area contributed by atoms with Crippen LogP contribution in [-0.4, -0.2) is 16.8 Å². The topological polar surface area (TPSA) is 49.4 Å². The molecular weight excluding hydrogens is 312 g/mol. The van der Waals surface area contributed by atoms with Crippen molar-refractivity contribution < 1.29 is 9.59 Å². The van der Waals surface area contributed by atoms with E-state index in [-0.39, 0.29) is 18.5 Å². The minimum absolute atomic E-state index is 0.174. The van der Waals surface area contributed by atoms with E-state index < -0.39 is 5.54 Å². The zero-order valence-electron chi connectivity index (χ0n) is 12.4. The third kappa shape index (κ3) is 2.13. The standard InChI is InChI=1S/C18H15ClN2O2/c19-14-6-3-4-12(10-14)11-21-16(22)18(20-17(21)23)9-8-13-5-1-2-7-15(13)18/h1-7,10H,8-9,11H2,(H,20,23). The highest BCUT2D eigenvalue weighted by Crippen LogP contribution is 2.41. The Hall–Kier alpha value is -2.33. The van der Waals surface area contributed by atoms with Gasteiger partial charge in [-0.15, -0.1) is 0 Å². The average Bonchev–Trinajstić information content (AvgIpc) is 3.02. The van der Waals surface area contributed by atoms with Crippen molar-refractivity contribution in [2.75, 3.05) is 0 Å². The number of halogens is 1. The molecule has 2 aromatic carbocycles. The Morgan fingerprint density at radius 2 is 1.96 bits per heavy atom. The molecule has 2 aliphatic rings. The second kappa shape index (κ2) is 5.10. The molecule has 1 heterocycles. The molecule has 0 radical (unpaired) electrons. The Bertz CT molecular complexity index is 820. The lowest BCUT2D eigenvalue weighted by atomic mass is 9.92. The molecule has 23 heavy (non-hydrogen) atoms. The van der Waals surface area contributed by atoms with Crippen LogP contribution in [0.3, 0.4) is 0 Å². The number of carbonyl (C=O) groups excluding carboxylic acids is 2. The van der Waals surface area contributed by atoms with E-state index in [4.69, 9.17) is 11.6 Å². The fourth-order valence-corrected chi connectivity index (χ4v) is 3.76. The molecule has 1 aliphatic carbocycles. The number of nitrogens with zero attached hydrogens (tertiary/aromatic N) is 1. The molecule has 1 saturated heterocycles. The Morgan fingerprint density at radius 3 is 2.78 bits per heavy atom. The van der Waals surface area contributed by atoms with Gasteiger partial charge in [0, 0.05) is 5.02 Å². The number of imide groups is 1. The second-order valence-electron chi connectivity index (χ2n) is 6.01. The van der Waals surface area contributed by atoms with Gasteiger partial charge in [-0.25, -0.2) is 4.79 Å². The summed E-state index contributed by atoms with van der Waals surface area (Å²) in [6.45, 7) is 0.231. The molecule has 1 spiro atoms. The van der Waals surface area contributed by atoms with Crippen molar-refractivity contribution in [2.24, 2.45) is 0 Å². The summed E-state index contributed by atoms with van der Waals surface area (Å²) in [6.07, 6.45) is 1.41. The molecule has 5 heteroatoms. The maximum absolute atomic E-state index is 13.0. The molecule has 1 atom stereocenters. The summed E-state index contributed by atoms with van der Waals surface area (Å²) in [5, 5.41) is 3.52. The SMILES string of the molecule is O=C1NC2(CCc3ccccc32)C(=O)N1Cc1cccc(Cl)c1. The van der Waals surface area contributed by atoms with Crippen LogP contribution in [0.4, 0.5) is 4.79 Å². The molecule has 0 saturated carbocycles. The van der Waals surface area contributed by atoms with Gasteiger partial charge < -0.3 is 5.32 Å². The first-order valence-electron chi connectivity index (χ1n) is 7.57. The van der Waals surface area contributed by atoms with Gasteiger partial charge in [0.05, 0.1) is 6.54 Å². The summed E-state index contributed by atoms with van der Waals surface area (Å²) >= 11 is 5.99. The first-order valence-corrected chi connectivity index (χ1v) is 7.95. The molecule has 1 N–H and O–H groups in total. The van der Waals surface area contributed by atoms with Gasteiger partial charge in [-0.3, -0.25) is 9.69 Å². The largest absolute Gasteiger partial charge is 0.325 e. The summed E-state index contributed by atoms with van der Waals surface area (Å²) in [4.78, 5) is 26.7. The van der Waals surface area contributed by atoms with Crippen LogP contribution in [-0.2, 0) is 23.3 Å². The zero-order valence-corrected chi connectivity index (χ0v) is 13.1. The average molecular weight is 327 g/mol. The van der Waals surface area contributed by atoms with Gasteiger partial charge in [0.25, 0.3) is 5.91 Å². The third-order valence-electron chi connectivity index (χ3n) is 4.65. The van der Waals surface area contributed by atoms with Crippen LogP contribution >= 0.6 is 11.6 Å². The summed E-state index contributed by atoms with van der Waals surface area (Å²) in [6, 6.07) is 14.7. The highest BCUT2D eigenvalue weighted by atomic mass is 35.5. The van der Waals surface area contributed by atoms with Crippen LogP contribution in [0.5, 0.6) is 0 Å². The third-order valence-corrected chi connectivity index (χ3v) is 4.89. The van der Waals surface area contributed by atoms with Gasteiger partial charge in [0.15, 0.2) is 0 Å². The summed E-state index contributed by atoms with van der Waals surface area (Å²) < 4.78 is 0. The Kier molecular flexibility index (Phi) is 3.16. The molecule has 116 valence electrons. The molecular formula is C18H15ClN2O2. The molecule has 2 aromatic rings. The maximum atomic E-state index is 13.0. The molecule has 0 aromatic heterocycles. The van der Waals surface area contributed by atoms with Gasteiger partial charge >= 0.3 is 6.03 Å². The number of fused-ring (bicyclic) bond motifs is 2. The predicted octanol–water partition coefficient (Wildman–Crippen LogP) is 3.23. The van der Waals surface area contributed by atoms with E-state index in [2.05, 4.69) is 5.32 Å². The number of hydrogen-bond donors (Lipinski definition) is 1. The lowest BCUT2D eigenvalue weighted by Gasteiger charge is -2.22. The van der Waals surface area contributed by atoms with E-state index in [1.165, 1.54) is 4.90 Å². The molecule has 1 aliphatic heterocycles. The van der Waals surface area contributed by atoms with Crippen LogP contribution in [0.1, 0.15) is 23.1 Å². The lowest BCUT2D eigenvalue weighted by Crippen LogP contribution is -2.41. The number of rotatable bonds is 2. The fourth-order valence-electron chi connectivity index (χ4n) is 3.55. The number of amides is 3.